The van der Waals surface area contributed by atoms with Crippen molar-refractivity contribution in [2.45, 2.75) is 30.5 Å². The second-order valence-electron chi connectivity index (χ2n) is 10.1. The number of amides is 2. The molecule has 2 fully saturated rings. The summed E-state index contributed by atoms with van der Waals surface area (Å²) in [7, 11) is 2.08. The molecular weight excluding hydrogens is 554 g/mol. The van der Waals surface area contributed by atoms with Crippen LogP contribution in [0.3, 0.4) is 0 Å². The number of alkyl halides is 2. The molecule has 214 valence electrons. The van der Waals surface area contributed by atoms with Crippen LogP contribution in [0.25, 0.3) is 16.9 Å². The highest BCUT2D eigenvalue weighted by molar-refractivity contribution is 7.98. The van der Waals surface area contributed by atoms with Crippen LogP contribution in [0, 0.1) is 5.92 Å². The van der Waals surface area contributed by atoms with Crippen LogP contribution >= 0.6 is 11.8 Å². The molecule has 2 saturated heterocycles. The molecule has 0 spiro atoms. The largest absolute Gasteiger partial charge is 0.434 e. The van der Waals surface area contributed by atoms with Crippen molar-refractivity contribution in [3.05, 3.63) is 54.6 Å². The van der Waals surface area contributed by atoms with Gasteiger partial charge in [0.2, 0.25) is 5.91 Å². The Morgan fingerprint density at radius 3 is 2.90 bits per heavy atom. The van der Waals surface area contributed by atoms with Crippen LogP contribution in [-0.2, 0) is 11.3 Å². The molecule has 1 N–H and O–H groups in total. The first kappa shape index (κ1) is 27.1. The maximum absolute atomic E-state index is 13.4. The van der Waals surface area contributed by atoms with E-state index in [2.05, 4.69) is 32.4 Å². The average molecular weight is 583 g/mol. The van der Waals surface area contributed by atoms with E-state index in [1.165, 1.54) is 39.4 Å². The number of rotatable bonds is 8. The van der Waals surface area contributed by atoms with Crippen molar-refractivity contribution >= 4 is 34.9 Å². The summed E-state index contributed by atoms with van der Waals surface area (Å²) >= 11 is 1.42. The Hall–Kier alpha value is -4.04. The van der Waals surface area contributed by atoms with E-state index in [0.29, 0.717) is 30.7 Å². The number of aromatic nitrogens is 5. The zero-order valence-electron chi connectivity index (χ0n) is 22.4. The summed E-state index contributed by atoms with van der Waals surface area (Å²) in [5, 5.41) is 11.6. The van der Waals surface area contributed by atoms with E-state index in [0.717, 1.165) is 17.9 Å². The third kappa shape index (κ3) is 5.36. The van der Waals surface area contributed by atoms with Crippen LogP contribution in [0.15, 0.2) is 53.9 Å². The Bertz CT molecular complexity index is 1610. The highest BCUT2D eigenvalue weighted by Gasteiger charge is 2.41. The van der Waals surface area contributed by atoms with Gasteiger partial charge < -0.3 is 19.9 Å². The van der Waals surface area contributed by atoms with Gasteiger partial charge in [0.1, 0.15) is 23.6 Å². The number of anilines is 1. The van der Waals surface area contributed by atoms with Gasteiger partial charge >= 0.3 is 6.61 Å². The Morgan fingerprint density at radius 1 is 1.27 bits per heavy atom. The lowest BCUT2D eigenvalue weighted by atomic mass is 10.1. The number of thioether (sulfide) groups is 1. The van der Waals surface area contributed by atoms with Gasteiger partial charge in [-0.05, 0) is 56.5 Å². The molecule has 0 bridgehead atoms. The second-order valence-corrected chi connectivity index (χ2v) is 11.0. The van der Waals surface area contributed by atoms with E-state index in [9.17, 15) is 18.4 Å². The lowest BCUT2D eigenvalue weighted by molar-refractivity contribution is -0.131. The minimum Gasteiger partial charge on any atom is -0.434 e. The van der Waals surface area contributed by atoms with E-state index in [1.807, 2.05) is 11.2 Å². The number of nitrogens with one attached hydrogen (secondary N) is 1. The molecule has 2 amide bonds. The number of carbonyl (C=O) groups is 2. The number of hydrogen-bond donors (Lipinski definition) is 1. The lowest BCUT2D eigenvalue weighted by Gasteiger charge is -2.20. The molecule has 4 aromatic rings. The minimum absolute atomic E-state index is 0.0719. The normalized spacial score (nSPS) is 18.8. The van der Waals surface area contributed by atoms with Crippen molar-refractivity contribution < 1.29 is 23.1 Å². The molecule has 3 aromatic heterocycles. The summed E-state index contributed by atoms with van der Waals surface area (Å²) in [6, 6.07) is 6.81. The van der Waals surface area contributed by atoms with Gasteiger partial charge in [0.15, 0.2) is 5.65 Å². The fourth-order valence-electron chi connectivity index (χ4n) is 5.60. The van der Waals surface area contributed by atoms with E-state index in [1.54, 1.807) is 30.6 Å². The quantitative estimate of drug-likeness (QED) is 0.315. The predicted molar refractivity (Wildman–Crippen MR) is 148 cm³/mol. The molecule has 0 radical (unpaired) electrons. The van der Waals surface area contributed by atoms with Gasteiger partial charge in [0, 0.05) is 48.2 Å². The summed E-state index contributed by atoms with van der Waals surface area (Å²) < 4.78 is 34.4. The third-order valence-electron chi connectivity index (χ3n) is 7.67. The van der Waals surface area contributed by atoms with E-state index in [4.69, 9.17) is 4.74 Å². The van der Waals surface area contributed by atoms with Gasteiger partial charge in [-0.15, -0.1) is 11.8 Å². The van der Waals surface area contributed by atoms with Crippen molar-refractivity contribution in [2.75, 3.05) is 38.3 Å². The van der Waals surface area contributed by atoms with Crippen molar-refractivity contribution in [3.8, 4) is 17.0 Å². The van der Waals surface area contributed by atoms with Crippen LogP contribution in [-0.4, -0.2) is 91.6 Å². The summed E-state index contributed by atoms with van der Waals surface area (Å²) in [6.45, 7) is -0.758. The standard InChI is InChI=1S/C27H28F2N8O3S/c1-34-9-6-16-12-35(14-21(16)34)23(38)15-36-13-20(32-26(39)19-11-31-37-8-3-7-30-25(19)37)24(33-36)18-10-17(41-2)4-5-22(18)40-27(28)29/h3-5,7-8,10-11,13,16,21,27H,6,9,12,14-15H2,1-2H3,(H,32,39). The first-order valence-electron chi connectivity index (χ1n) is 13.1. The summed E-state index contributed by atoms with van der Waals surface area (Å²) in [6.07, 6.45) is 9.06. The molecule has 5 heterocycles. The molecule has 6 rings (SSSR count). The Kier molecular flexibility index (Phi) is 7.34. The Labute approximate surface area is 238 Å². The number of ether oxygens (including phenoxy) is 1. The molecule has 41 heavy (non-hydrogen) atoms. The zero-order chi connectivity index (χ0) is 28.7. The van der Waals surface area contributed by atoms with E-state index in [-0.39, 0.29) is 40.7 Å². The van der Waals surface area contributed by atoms with Gasteiger partial charge in [-0.25, -0.2) is 9.50 Å². The van der Waals surface area contributed by atoms with Crippen LogP contribution in [0.5, 0.6) is 5.75 Å². The molecule has 1 aromatic carbocycles. The molecule has 14 heteroatoms. The number of benzene rings is 1. The maximum atomic E-state index is 13.4. The summed E-state index contributed by atoms with van der Waals surface area (Å²) in [4.78, 5) is 35.8. The van der Waals surface area contributed by atoms with Crippen molar-refractivity contribution in [3.63, 3.8) is 0 Å². The number of halogens is 2. The highest BCUT2D eigenvalue weighted by atomic mass is 32.2. The lowest BCUT2D eigenvalue weighted by Crippen LogP contribution is -2.36. The van der Waals surface area contributed by atoms with Crippen LogP contribution in [0.4, 0.5) is 14.5 Å². The first-order chi connectivity index (χ1) is 19.8. The average Bonchev–Trinajstić information content (AvgIpc) is 3.73. The Balaban J connectivity index is 1.34. The van der Waals surface area contributed by atoms with Gasteiger partial charge in [-0.2, -0.15) is 19.0 Å². The molecule has 0 saturated carbocycles. The maximum Gasteiger partial charge on any atom is 0.387 e. The van der Waals surface area contributed by atoms with E-state index < -0.39 is 12.5 Å². The number of nitrogens with zero attached hydrogens (tertiary/aromatic N) is 7. The number of hydrogen-bond acceptors (Lipinski definition) is 8. The third-order valence-corrected chi connectivity index (χ3v) is 8.39. The van der Waals surface area contributed by atoms with Crippen LogP contribution in [0.2, 0.25) is 0 Å². The molecule has 2 aliphatic heterocycles. The predicted octanol–water partition coefficient (Wildman–Crippen LogP) is 3.33. The van der Waals surface area contributed by atoms with Gasteiger partial charge in [0.25, 0.3) is 5.91 Å². The fraction of sp³-hybridized carbons (Fsp3) is 0.370. The molecular formula is C27H28F2N8O3S. The second kappa shape index (κ2) is 11.1. The molecule has 0 aliphatic carbocycles. The Morgan fingerprint density at radius 2 is 2.12 bits per heavy atom. The molecule has 11 nitrogen and oxygen atoms in total. The van der Waals surface area contributed by atoms with Crippen molar-refractivity contribution in [1.82, 2.24) is 34.2 Å². The minimum atomic E-state index is -3.06. The van der Waals surface area contributed by atoms with Gasteiger partial charge in [0.05, 0.1) is 11.9 Å². The fourth-order valence-corrected chi connectivity index (χ4v) is 6.04. The van der Waals surface area contributed by atoms with E-state index >= 15 is 0 Å². The smallest absolute Gasteiger partial charge is 0.387 e. The molecule has 2 unspecified atom stereocenters. The highest BCUT2D eigenvalue weighted by Crippen LogP contribution is 2.38. The van der Waals surface area contributed by atoms with Crippen LogP contribution < -0.4 is 10.1 Å². The first-order valence-corrected chi connectivity index (χ1v) is 14.3. The molecule has 2 aliphatic rings. The van der Waals surface area contributed by atoms with Gasteiger partial charge in [-0.3, -0.25) is 14.3 Å². The molecule has 2 atom stereocenters. The number of likely N-dealkylation sites (tertiary alicyclic amines) is 2. The summed E-state index contributed by atoms with van der Waals surface area (Å²) in [5.74, 6) is -0.264. The summed E-state index contributed by atoms with van der Waals surface area (Å²) in [5.41, 5.74) is 1.25. The number of likely N-dealkylation sites (N-methyl/N-ethyl adjacent to an activating group) is 1. The monoisotopic (exact) mass is 582 g/mol. The SMILES string of the molecule is CSc1ccc(OC(F)F)c(-c2nn(CC(=O)N3CC4CCN(C)C4C3)cc2NC(=O)c2cnn3cccnc23)c1. The topological polar surface area (TPSA) is 110 Å². The number of carbonyl (C=O) groups excluding carboxylic acids is 2. The zero-order valence-corrected chi connectivity index (χ0v) is 23.2. The number of fused-ring (bicyclic) bond motifs is 2. The van der Waals surface area contributed by atoms with Gasteiger partial charge in [-0.1, -0.05) is 0 Å². The van der Waals surface area contributed by atoms with Crippen molar-refractivity contribution in [2.24, 2.45) is 5.92 Å². The van der Waals surface area contributed by atoms with Crippen LogP contribution in [0.1, 0.15) is 16.8 Å². The van der Waals surface area contributed by atoms with Crippen molar-refractivity contribution in [1.29, 1.82) is 0 Å².